The highest BCUT2D eigenvalue weighted by molar-refractivity contribution is 5.80. The summed E-state index contributed by atoms with van der Waals surface area (Å²) in [6, 6.07) is 3.26. The molecule has 1 saturated heterocycles. The molecule has 1 aromatic heterocycles. The molecule has 1 aliphatic rings. The van der Waals surface area contributed by atoms with Crippen LogP contribution < -0.4 is 15.5 Å². The lowest BCUT2D eigenvalue weighted by molar-refractivity contribution is 0.0698. The van der Waals surface area contributed by atoms with Gasteiger partial charge in [-0.05, 0) is 25.0 Å². The predicted molar refractivity (Wildman–Crippen MR) is 96.6 cm³/mol. The van der Waals surface area contributed by atoms with E-state index in [1.54, 1.807) is 26.4 Å². The lowest BCUT2D eigenvalue weighted by atomic mass is 10.3. The zero-order valence-corrected chi connectivity index (χ0v) is 15.0. The first-order valence-electron chi connectivity index (χ1n) is 8.64. The van der Waals surface area contributed by atoms with Crippen LogP contribution >= 0.6 is 0 Å². The number of aromatic nitrogens is 1. The summed E-state index contributed by atoms with van der Waals surface area (Å²) in [5.74, 6) is 0.896. The van der Waals surface area contributed by atoms with E-state index >= 15 is 0 Å². The number of nitrogens with one attached hydrogen (secondary N) is 2. The van der Waals surface area contributed by atoms with E-state index in [4.69, 9.17) is 9.47 Å². The predicted octanol–water partition coefficient (Wildman–Crippen LogP) is 1.02. The van der Waals surface area contributed by atoms with Crippen molar-refractivity contribution in [1.29, 1.82) is 0 Å². The molecule has 2 N–H and O–H groups in total. The van der Waals surface area contributed by atoms with Gasteiger partial charge < -0.3 is 25.0 Å². The van der Waals surface area contributed by atoms with Crippen LogP contribution in [-0.2, 0) is 9.47 Å². The second-order valence-corrected chi connectivity index (χ2v) is 5.84. The number of rotatable bonds is 9. The Hall–Kier alpha value is -1.93. The minimum absolute atomic E-state index is 0.213. The largest absolute Gasteiger partial charge is 0.382 e. The fourth-order valence-corrected chi connectivity index (χ4v) is 2.69. The zero-order valence-electron chi connectivity index (χ0n) is 15.0. The highest BCUT2D eigenvalue weighted by atomic mass is 19.1. The van der Waals surface area contributed by atoms with Crippen LogP contribution in [0.4, 0.5) is 10.2 Å². The summed E-state index contributed by atoms with van der Waals surface area (Å²) in [5.41, 5.74) is 0. The summed E-state index contributed by atoms with van der Waals surface area (Å²) in [5, 5.41) is 6.65. The molecule has 7 nitrogen and oxygen atoms in total. The standard InChI is InChI=1S/C17H28FN5O2/c1-19-17(21-8-4-10-25-12-11-24-2)22-14-6-9-23(13-14)16-15(18)5-3-7-20-16/h3,5,7,14H,4,6,8-13H2,1-2H3,(H2,19,21,22). The molecular formula is C17H28FN5O2. The van der Waals surface area contributed by atoms with Crippen LogP contribution in [0.25, 0.3) is 0 Å². The fourth-order valence-electron chi connectivity index (χ4n) is 2.69. The van der Waals surface area contributed by atoms with E-state index in [2.05, 4.69) is 20.6 Å². The fraction of sp³-hybridized carbons (Fsp3) is 0.647. The molecule has 0 bridgehead atoms. The van der Waals surface area contributed by atoms with Gasteiger partial charge in [-0.25, -0.2) is 9.37 Å². The molecule has 1 fully saturated rings. The van der Waals surface area contributed by atoms with Crippen molar-refractivity contribution in [2.24, 2.45) is 4.99 Å². The molecule has 0 saturated carbocycles. The van der Waals surface area contributed by atoms with Crippen molar-refractivity contribution in [3.05, 3.63) is 24.1 Å². The van der Waals surface area contributed by atoms with E-state index in [1.807, 2.05) is 4.90 Å². The SMILES string of the molecule is CN=C(NCCCOCCOC)NC1CCN(c2ncccc2F)C1. The highest BCUT2D eigenvalue weighted by Gasteiger charge is 2.25. The van der Waals surface area contributed by atoms with Gasteiger partial charge in [0.05, 0.1) is 13.2 Å². The Morgan fingerprint density at radius 2 is 2.32 bits per heavy atom. The van der Waals surface area contributed by atoms with Gasteiger partial charge in [0.25, 0.3) is 0 Å². The Labute approximate surface area is 148 Å². The molecule has 8 heteroatoms. The van der Waals surface area contributed by atoms with E-state index in [0.717, 1.165) is 31.9 Å². The first kappa shape index (κ1) is 19.4. The first-order chi connectivity index (χ1) is 12.2. The van der Waals surface area contributed by atoms with E-state index in [0.29, 0.717) is 32.2 Å². The Bertz CT molecular complexity index is 544. The van der Waals surface area contributed by atoms with Crippen molar-refractivity contribution < 1.29 is 13.9 Å². The average Bonchev–Trinajstić information content (AvgIpc) is 3.08. The van der Waals surface area contributed by atoms with Crippen molar-refractivity contribution in [1.82, 2.24) is 15.6 Å². The molecule has 0 radical (unpaired) electrons. The second kappa shape index (κ2) is 10.8. The quantitative estimate of drug-likeness (QED) is 0.392. The number of guanidine groups is 1. The van der Waals surface area contributed by atoms with Gasteiger partial charge in [-0.2, -0.15) is 0 Å². The smallest absolute Gasteiger partial charge is 0.191 e. The maximum absolute atomic E-state index is 13.8. The maximum Gasteiger partial charge on any atom is 0.191 e. The first-order valence-corrected chi connectivity index (χ1v) is 8.64. The van der Waals surface area contributed by atoms with Gasteiger partial charge in [-0.3, -0.25) is 4.99 Å². The molecule has 1 atom stereocenters. The van der Waals surface area contributed by atoms with Crippen LogP contribution in [0.3, 0.4) is 0 Å². The maximum atomic E-state index is 13.8. The molecule has 2 rings (SSSR count). The molecule has 0 aromatic carbocycles. The third kappa shape index (κ3) is 6.47. The Balaban J connectivity index is 1.68. The van der Waals surface area contributed by atoms with Crippen LogP contribution in [-0.4, -0.2) is 70.6 Å². The minimum atomic E-state index is -0.279. The summed E-state index contributed by atoms with van der Waals surface area (Å²) in [4.78, 5) is 10.3. The van der Waals surface area contributed by atoms with Gasteiger partial charge in [0.1, 0.15) is 0 Å². The summed E-state index contributed by atoms with van der Waals surface area (Å²) in [6.07, 6.45) is 3.42. The topological polar surface area (TPSA) is 71.0 Å². The van der Waals surface area contributed by atoms with Crippen molar-refractivity contribution in [3.8, 4) is 0 Å². The van der Waals surface area contributed by atoms with Gasteiger partial charge in [0.15, 0.2) is 17.6 Å². The van der Waals surface area contributed by atoms with E-state index in [1.165, 1.54) is 6.07 Å². The normalized spacial score (nSPS) is 17.8. The van der Waals surface area contributed by atoms with Crippen molar-refractivity contribution in [3.63, 3.8) is 0 Å². The summed E-state index contributed by atoms with van der Waals surface area (Å²) in [6.45, 7) is 4.17. The molecule has 1 unspecified atom stereocenters. The highest BCUT2D eigenvalue weighted by Crippen LogP contribution is 2.20. The van der Waals surface area contributed by atoms with Crippen molar-refractivity contribution in [2.75, 3.05) is 58.5 Å². The number of ether oxygens (including phenoxy) is 2. The van der Waals surface area contributed by atoms with Crippen molar-refractivity contribution >= 4 is 11.8 Å². The molecule has 1 aromatic rings. The Morgan fingerprint density at radius 1 is 1.44 bits per heavy atom. The van der Waals surface area contributed by atoms with Crippen LogP contribution in [0.1, 0.15) is 12.8 Å². The van der Waals surface area contributed by atoms with Crippen LogP contribution in [0, 0.1) is 5.82 Å². The molecule has 0 aliphatic carbocycles. The number of halogens is 1. The monoisotopic (exact) mass is 353 g/mol. The number of methoxy groups -OCH3 is 1. The van der Waals surface area contributed by atoms with Gasteiger partial charge in [-0.15, -0.1) is 0 Å². The molecule has 25 heavy (non-hydrogen) atoms. The van der Waals surface area contributed by atoms with Crippen molar-refractivity contribution in [2.45, 2.75) is 18.9 Å². The lowest BCUT2D eigenvalue weighted by Crippen LogP contribution is -2.45. The molecule has 0 amide bonds. The average molecular weight is 353 g/mol. The zero-order chi connectivity index (χ0) is 17.9. The number of hydrogen-bond donors (Lipinski definition) is 2. The summed E-state index contributed by atoms with van der Waals surface area (Å²) in [7, 11) is 3.41. The molecule has 0 spiro atoms. The third-order valence-electron chi connectivity index (χ3n) is 3.98. The van der Waals surface area contributed by atoms with Gasteiger partial charge in [0.2, 0.25) is 0 Å². The van der Waals surface area contributed by atoms with Gasteiger partial charge in [-0.1, -0.05) is 0 Å². The number of aliphatic imine (C=N–C) groups is 1. The van der Waals surface area contributed by atoms with Gasteiger partial charge in [0, 0.05) is 52.6 Å². The molecular weight excluding hydrogens is 325 g/mol. The van der Waals surface area contributed by atoms with Gasteiger partial charge >= 0.3 is 0 Å². The van der Waals surface area contributed by atoms with Crippen LogP contribution in [0.2, 0.25) is 0 Å². The molecule has 140 valence electrons. The number of hydrogen-bond acceptors (Lipinski definition) is 5. The number of anilines is 1. The van der Waals surface area contributed by atoms with E-state index in [-0.39, 0.29) is 11.9 Å². The number of nitrogens with zero attached hydrogens (tertiary/aromatic N) is 3. The summed E-state index contributed by atoms with van der Waals surface area (Å²) < 4.78 is 24.2. The van der Waals surface area contributed by atoms with E-state index in [9.17, 15) is 4.39 Å². The van der Waals surface area contributed by atoms with Crippen LogP contribution in [0.5, 0.6) is 0 Å². The lowest BCUT2D eigenvalue weighted by Gasteiger charge is -2.20. The molecule has 1 aliphatic heterocycles. The second-order valence-electron chi connectivity index (χ2n) is 5.84. The third-order valence-corrected chi connectivity index (χ3v) is 3.98. The Kier molecular flexibility index (Phi) is 8.41. The molecule has 2 heterocycles. The Morgan fingerprint density at radius 3 is 3.08 bits per heavy atom. The van der Waals surface area contributed by atoms with E-state index < -0.39 is 0 Å². The summed E-state index contributed by atoms with van der Waals surface area (Å²) >= 11 is 0. The minimum Gasteiger partial charge on any atom is -0.382 e. The van der Waals surface area contributed by atoms with Crippen LogP contribution in [0.15, 0.2) is 23.3 Å². The number of pyridine rings is 1.